The van der Waals surface area contributed by atoms with E-state index < -0.39 is 0 Å². The molecule has 0 amide bonds. The van der Waals surface area contributed by atoms with Crippen molar-refractivity contribution in [2.75, 3.05) is 20.6 Å². The van der Waals surface area contributed by atoms with E-state index in [0.29, 0.717) is 0 Å². The average Bonchev–Trinajstić information content (AvgIpc) is 2.78. The Balaban J connectivity index is 2.06. The molecule has 0 radical (unpaired) electrons. The summed E-state index contributed by atoms with van der Waals surface area (Å²) in [5.74, 6) is 0. The number of hydrogen-bond acceptors (Lipinski definition) is 3. The molecular formula is C15H25BrN4. The van der Waals surface area contributed by atoms with E-state index in [4.69, 9.17) is 5.73 Å². The molecule has 1 atom stereocenters. The first-order valence-corrected chi connectivity index (χ1v) is 8.16. The third-order valence-electron chi connectivity index (χ3n) is 3.81. The summed E-state index contributed by atoms with van der Waals surface area (Å²) in [6.07, 6.45) is 10.2. The van der Waals surface area contributed by atoms with Crippen LogP contribution in [0.25, 0.3) is 0 Å². The minimum atomic E-state index is 0.0263. The van der Waals surface area contributed by atoms with Gasteiger partial charge in [-0.25, -0.2) is 0 Å². The van der Waals surface area contributed by atoms with Gasteiger partial charge >= 0.3 is 0 Å². The number of aromatic nitrogens is 2. The molecule has 1 aliphatic carbocycles. The van der Waals surface area contributed by atoms with Crippen LogP contribution >= 0.6 is 15.9 Å². The van der Waals surface area contributed by atoms with Crippen molar-refractivity contribution >= 4 is 15.9 Å². The van der Waals surface area contributed by atoms with Crippen LogP contribution in [0, 0.1) is 0 Å². The van der Waals surface area contributed by atoms with Crippen molar-refractivity contribution in [3.8, 4) is 0 Å². The standard InChI is InChI=1S/C15H25BrN4/c1-19(2)8-9-20-15(13(16)11-18-20)14(17)10-12-6-4-3-5-7-12/h6,11,14H,3-5,7-10,17H2,1-2H3. The van der Waals surface area contributed by atoms with Crippen molar-refractivity contribution < 1.29 is 0 Å². The lowest BCUT2D eigenvalue weighted by molar-refractivity contribution is 0.366. The Labute approximate surface area is 130 Å². The van der Waals surface area contributed by atoms with Gasteiger partial charge in [0.25, 0.3) is 0 Å². The van der Waals surface area contributed by atoms with Gasteiger partial charge in [-0.15, -0.1) is 0 Å². The van der Waals surface area contributed by atoms with Gasteiger partial charge in [-0.2, -0.15) is 5.10 Å². The SMILES string of the molecule is CN(C)CCn1ncc(Br)c1C(N)CC1=CCCCC1. The molecule has 0 aliphatic heterocycles. The zero-order valence-electron chi connectivity index (χ0n) is 12.5. The molecule has 2 rings (SSSR count). The Morgan fingerprint density at radius 2 is 2.25 bits per heavy atom. The average molecular weight is 341 g/mol. The Morgan fingerprint density at radius 3 is 2.90 bits per heavy atom. The summed E-state index contributed by atoms with van der Waals surface area (Å²) < 4.78 is 3.07. The number of nitrogens with zero attached hydrogens (tertiary/aromatic N) is 3. The van der Waals surface area contributed by atoms with Gasteiger partial charge in [0.15, 0.2) is 0 Å². The fourth-order valence-corrected chi connectivity index (χ4v) is 3.27. The highest BCUT2D eigenvalue weighted by atomic mass is 79.9. The zero-order chi connectivity index (χ0) is 14.5. The molecule has 1 heterocycles. The second kappa shape index (κ2) is 7.38. The molecule has 1 aliphatic rings. The van der Waals surface area contributed by atoms with Crippen molar-refractivity contribution in [1.82, 2.24) is 14.7 Å². The molecule has 5 heteroatoms. The van der Waals surface area contributed by atoms with Crippen LogP contribution in [0.15, 0.2) is 22.3 Å². The van der Waals surface area contributed by atoms with Gasteiger partial charge in [0.05, 0.1) is 29.0 Å². The molecule has 0 aromatic carbocycles. The van der Waals surface area contributed by atoms with Gasteiger partial charge in [-0.3, -0.25) is 4.68 Å². The van der Waals surface area contributed by atoms with E-state index in [1.165, 1.54) is 31.3 Å². The first-order valence-electron chi connectivity index (χ1n) is 7.37. The molecule has 112 valence electrons. The van der Waals surface area contributed by atoms with Crippen LogP contribution < -0.4 is 5.73 Å². The molecule has 4 nitrogen and oxygen atoms in total. The maximum atomic E-state index is 6.43. The molecule has 20 heavy (non-hydrogen) atoms. The third kappa shape index (κ3) is 4.17. The summed E-state index contributed by atoms with van der Waals surface area (Å²) in [7, 11) is 4.15. The van der Waals surface area contributed by atoms with E-state index in [1.807, 2.05) is 10.9 Å². The molecule has 2 N–H and O–H groups in total. The van der Waals surface area contributed by atoms with E-state index in [2.05, 4.69) is 46.1 Å². The second-order valence-corrected chi connectivity index (χ2v) is 6.68. The third-order valence-corrected chi connectivity index (χ3v) is 4.42. The predicted molar refractivity (Wildman–Crippen MR) is 86.6 cm³/mol. The van der Waals surface area contributed by atoms with Crippen LogP contribution in [0.1, 0.15) is 43.8 Å². The smallest absolute Gasteiger partial charge is 0.0697 e. The largest absolute Gasteiger partial charge is 0.322 e. The number of allylic oxidation sites excluding steroid dienone is 1. The van der Waals surface area contributed by atoms with Gasteiger partial charge in [-0.05, 0) is 62.1 Å². The Bertz CT molecular complexity index is 464. The number of likely N-dealkylation sites (N-methyl/N-ethyl adjacent to an activating group) is 1. The van der Waals surface area contributed by atoms with Crippen LogP contribution in [0.3, 0.4) is 0 Å². The Hall–Kier alpha value is -0.650. The maximum absolute atomic E-state index is 6.43. The van der Waals surface area contributed by atoms with Crippen molar-refractivity contribution in [3.05, 3.63) is 28.0 Å². The maximum Gasteiger partial charge on any atom is 0.0697 e. The highest BCUT2D eigenvalue weighted by molar-refractivity contribution is 9.10. The lowest BCUT2D eigenvalue weighted by atomic mass is 9.93. The molecular weight excluding hydrogens is 316 g/mol. The minimum absolute atomic E-state index is 0.0263. The van der Waals surface area contributed by atoms with Gasteiger partial charge in [-0.1, -0.05) is 11.6 Å². The highest BCUT2D eigenvalue weighted by Gasteiger charge is 2.18. The monoisotopic (exact) mass is 340 g/mol. The topological polar surface area (TPSA) is 47.1 Å². The van der Waals surface area contributed by atoms with Crippen LogP contribution in [0.5, 0.6) is 0 Å². The fraction of sp³-hybridized carbons (Fsp3) is 0.667. The summed E-state index contributed by atoms with van der Waals surface area (Å²) >= 11 is 3.59. The molecule has 0 saturated carbocycles. The van der Waals surface area contributed by atoms with Crippen LogP contribution in [-0.2, 0) is 6.54 Å². The Morgan fingerprint density at radius 1 is 1.45 bits per heavy atom. The summed E-state index contributed by atoms with van der Waals surface area (Å²) in [5, 5.41) is 4.45. The number of hydrogen-bond donors (Lipinski definition) is 1. The molecule has 1 unspecified atom stereocenters. The lowest BCUT2D eigenvalue weighted by Gasteiger charge is -2.20. The van der Waals surface area contributed by atoms with Gasteiger partial charge < -0.3 is 10.6 Å². The minimum Gasteiger partial charge on any atom is -0.322 e. The van der Waals surface area contributed by atoms with Crippen LogP contribution in [-0.4, -0.2) is 35.3 Å². The quantitative estimate of drug-likeness (QED) is 0.809. The van der Waals surface area contributed by atoms with Gasteiger partial charge in [0, 0.05) is 6.54 Å². The van der Waals surface area contributed by atoms with Crippen LogP contribution in [0.4, 0.5) is 0 Å². The van der Waals surface area contributed by atoms with Crippen molar-refractivity contribution in [2.24, 2.45) is 5.73 Å². The lowest BCUT2D eigenvalue weighted by Crippen LogP contribution is -2.23. The Kier molecular flexibility index (Phi) is 5.81. The summed E-state index contributed by atoms with van der Waals surface area (Å²) in [6.45, 7) is 1.84. The van der Waals surface area contributed by atoms with Gasteiger partial charge in [0.2, 0.25) is 0 Å². The van der Waals surface area contributed by atoms with E-state index in [1.54, 1.807) is 0 Å². The van der Waals surface area contributed by atoms with Gasteiger partial charge in [0.1, 0.15) is 0 Å². The molecule has 0 fully saturated rings. The fourth-order valence-electron chi connectivity index (χ4n) is 2.68. The van der Waals surface area contributed by atoms with Crippen LogP contribution in [0.2, 0.25) is 0 Å². The normalized spacial score (nSPS) is 17.4. The number of nitrogens with two attached hydrogens (primary N) is 1. The zero-order valence-corrected chi connectivity index (χ0v) is 14.1. The summed E-state index contributed by atoms with van der Waals surface area (Å²) in [6, 6.07) is 0.0263. The molecule has 0 spiro atoms. The molecule has 0 bridgehead atoms. The molecule has 1 aromatic heterocycles. The number of rotatable bonds is 6. The summed E-state index contributed by atoms with van der Waals surface area (Å²) in [4.78, 5) is 2.16. The van der Waals surface area contributed by atoms with Crippen molar-refractivity contribution in [3.63, 3.8) is 0 Å². The van der Waals surface area contributed by atoms with E-state index >= 15 is 0 Å². The number of halogens is 1. The first kappa shape index (κ1) is 15.7. The van der Waals surface area contributed by atoms with E-state index in [-0.39, 0.29) is 6.04 Å². The first-order chi connectivity index (χ1) is 9.58. The second-order valence-electron chi connectivity index (χ2n) is 5.82. The van der Waals surface area contributed by atoms with Crippen molar-refractivity contribution in [2.45, 2.75) is 44.7 Å². The van der Waals surface area contributed by atoms with Crippen molar-refractivity contribution in [1.29, 1.82) is 0 Å². The molecule has 1 aromatic rings. The highest BCUT2D eigenvalue weighted by Crippen LogP contribution is 2.29. The predicted octanol–water partition coefficient (Wildman–Crippen LogP) is 3.10. The summed E-state index contributed by atoms with van der Waals surface area (Å²) in [5.41, 5.74) is 9.07. The van der Waals surface area contributed by atoms with E-state index in [0.717, 1.165) is 29.7 Å². The van der Waals surface area contributed by atoms with E-state index in [9.17, 15) is 0 Å². The molecule has 0 saturated heterocycles.